The summed E-state index contributed by atoms with van der Waals surface area (Å²) in [4.78, 5) is 23.6. The van der Waals surface area contributed by atoms with Crippen molar-refractivity contribution in [3.05, 3.63) is 34.6 Å². The Hall–Kier alpha value is -1.91. The summed E-state index contributed by atoms with van der Waals surface area (Å²) in [5.74, 6) is -2.65. The van der Waals surface area contributed by atoms with Crippen LogP contribution in [0.15, 0.2) is 12.1 Å². The van der Waals surface area contributed by atoms with Crippen LogP contribution in [0.4, 0.5) is 4.39 Å². The molecule has 0 fully saturated rings. The minimum absolute atomic E-state index is 0.0462. The quantitative estimate of drug-likeness (QED) is 0.635. The molecular formula is C17H23FO4. The van der Waals surface area contributed by atoms with Crippen LogP contribution in [-0.2, 0) is 11.2 Å². The normalized spacial score (nSPS) is 11.3. The maximum Gasteiger partial charge on any atom is 0.339 e. The Morgan fingerprint density at radius 3 is 2.41 bits per heavy atom. The lowest BCUT2D eigenvalue weighted by atomic mass is 9.84. The number of carbonyl (C=O) groups is 2. The number of rotatable bonds is 6. The van der Waals surface area contributed by atoms with E-state index in [-0.39, 0.29) is 35.1 Å². The largest absolute Gasteiger partial charge is 0.478 e. The van der Waals surface area contributed by atoms with Gasteiger partial charge in [-0.3, -0.25) is 0 Å². The summed E-state index contributed by atoms with van der Waals surface area (Å²) in [6.45, 7) is 7.81. The van der Waals surface area contributed by atoms with Gasteiger partial charge in [0.15, 0.2) is 0 Å². The number of benzene rings is 1. The zero-order chi connectivity index (χ0) is 16.9. The Balaban J connectivity index is 3.26. The first-order chi connectivity index (χ1) is 10.2. The van der Waals surface area contributed by atoms with E-state index in [1.807, 2.05) is 27.7 Å². The van der Waals surface area contributed by atoms with Crippen LogP contribution in [0.5, 0.6) is 0 Å². The summed E-state index contributed by atoms with van der Waals surface area (Å²) in [6.07, 6.45) is 1.78. The van der Waals surface area contributed by atoms with E-state index in [1.54, 1.807) is 0 Å². The van der Waals surface area contributed by atoms with Crippen LogP contribution in [0.3, 0.4) is 0 Å². The third kappa shape index (κ3) is 4.83. The zero-order valence-electron chi connectivity index (χ0n) is 13.5. The van der Waals surface area contributed by atoms with Gasteiger partial charge in [-0.05, 0) is 30.4 Å². The van der Waals surface area contributed by atoms with Gasteiger partial charge in [-0.1, -0.05) is 34.1 Å². The Kier molecular flexibility index (Phi) is 6.09. The molecule has 0 saturated carbocycles. The Morgan fingerprint density at radius 1 is 1.27 bits per heavy atom. The monoisotopic (exact) mass is 310 g/mol. The van der Waals surface area contributed by atoms with E-state index >= 15 is 0 Å². The van der Waals surface area contributed by atoms with Crippen molar-refractivity contribution >= 4 is 11.9 Å². The first kappa shape index (κ1) is 18.1. The van der Waals surface area contributed by atoms with Gasteiger partial charge in [0, 0.05) is 5.56 Å². The summed E-state index contributed by atoms with van der Waals surface area (Å²) < 4.78 is 19.1. The van der Waals surface area contributed by atoms with Crippen LogP contribution in [0.1, 0.15) is 66.8 Å². The Morgan fingerprint density at radius 2 is 1.91 bits per heavy atom. The molecule has 1 aromatic carbocycles. The molecule has 1 N–H and O–H groups in total. The van der Waals surface area contributed by atoms with E-state index in [0.29, 0.717) is 6.42 Å². The molecule has 0 atom stereocenters. The second-order valence-corrected chi connectivity index (χ2v) is 6.48. The smallest absolute Gasteiger partial charge is 0.339 e. The van der Waals surface area contributed by atoms with E-state index in [1.165, 1.54) is 6.07 Å². The summed E-state index contributed by atoms with van der Waals surface area (Å²) in [5.41, 5.74) is -0.652. The number of aromatic carboxylic acids is 1. The molecule has 4 nitrogen and oxygen atoms in total. The van der Waals surface area contributed by atoms with Crippen LogP contribution < -0.4 is 0 Å². The lowest BCUT2D eigenvalue weighted by molar-refractivity contribution is 0.0488. The number of hydrogen-bond acceptors (Lipinski definition) is 3. The molecule has 0 aliphatic rings. The van der Waals surface area contributed by atoms with Crippen LogP contribution in [0, 0.1) is 11.2 Å². The molecule has 122 valence electrons. The van der Waals surface area contributed by atoms with E-state index in [2.05, 4.69) is 0 Å². The number of unbranched alkanes of at least 4 members (excludes halogenated alkanes) is 1. The molecule has 22 heavy (non-hydrogen) atoms. The van der Waals surface area contributed by atoms with Gasteiger partial charge in [0.1, 0.15) is 5.82 Å². The molecule has 0 spiro atoms. The SMILES string of the molecule is CCCCOC(=O)c1ccc(F)c(CC(C)(C)C)c1C(=O)O. The molecule has 0 heterocycles. The van der Waals surface area contributed by atoms with Gasteiger partial charge in [0.25, 0.3) is 0 Å². The summed E-state index contributed by atoms with van der Waals surface area (Å²) in [6, 6.07) is 2.31. The number of halogens is 1. The Bertz CT molecular complexity index is 559. The molecule has 1 rings (SSSR count). The minimum Gasteiger partial charge on any atom is -0.478 e. The molecule has 1 aromatic rings. The molecule has 0 unspecified atom stereocenters. The fourth-order valence-corrected chi connectivity index (χ4v) is 2.13. The number of carboxylic acid groups (broad SMARTS) is 1. The van der Waals surface area contributed by atoms with Crippen LogP contribution in [0.25, 0.3) is 0 Å². The van der Waals surface area contributed by atoms with Gasteiger partial charge >= 0.3 is 11.9 Å². The van der Waals surface area contributed by atoms with Crippen molar-refractivity contribution in [1.29, 1.82) is 0 Å². The van der Waals surface area contributed by atoms with E-state index in [9.17, 15) is 19.1 Å². The Labute approximate surface area is 130 Å². The van der Waals surface area contributed by atoms with E-state index in [4.69, 9.17) is 4.74 Å². The third-order valence-electron chi connectivity index (χ3n) is 3.13. The number of hydrogen-bond donors (Lipinski definition) is 1. The average Bonchev–Trinajstić information content (AvgIpc) is 2.39. The summed E-state index contributed by atoms with van der Waals surface area (Å²) in [5, 5.41) is 9.41. The van der Waals surface area contributed by atoms with Crippen molar-refractivity contribution in [2.75, 3.05) is 6.61 Å². The van der Waals surface area contributed by atoms with Crippen LogP contribution >= 0.6 is 0 Å². The van der Waals surface area contributed by atoms with Gasteiger partial charge in [-0.15, -0.1) is 0 Å². The van der Waals surface area contributed by atoms with Gasteiger partial charge in [-0.2, -0.15) is 0 Å². The molecule has 0 saturated heterocycles. The van der Waals surface area contributed by atoms with Crippen molar-refractivity contribution in [2.45, 2.75) is 47.0 Å². The van der Waals surface area contributed by atoms with Crippen molar-refractivity contribution in [2.24, 2.45) is 5.41 Å². The zero-order valence-corrected chi connectivity index (χ0v) is 13.5. The molecular weight excluding hydrogens is 287 g/mol. The molecule has 0 radical (unpaired) electrons. The van der Waals surface area contributed by atoms with Crippen molar-refractivity contribution in [3.63, 3.8) is 0 Å². The highest BCUT2D eigenvalue weighted by Gasteiger charge is 2.27. The van der Waals surface area contributed by atoms with Crippen molar-refractivity contribution in [1.82, 2.24) is 0 Å². The first-order valence-corrected chi connectivity index (χ1v) is 7.39. The molecule has 0 bridgehead atoms. The highest BCUT2D eigenvalue weighted by atomic mass is 19.1. The van der Waals surface area contributed by atoms with Crippen molar-refractivity contribution in [3.8, 4) is 0 Å². The fraction of sp³-hybridized carbons (Fsp3) is 0.529. The standard InChI is InChI=1S/C17H23FO4/c1-5-6-9-22-16(21)11-7-8-13(18)12(10-17(2,3)4)14(11)15(19)20/h7-8H,5-6,9-10H2,1-4H3,(H,19,20). The van der Waals surface area contributed by atoms with E-state index < -0.39 is 17.8 Å². The third-order valence-corrected chi connectivity index (χ3v) is 3.13. The highest BCUT2D eigenvalue weighted by Crippen LogP contribution is 2.27. The van der Waals surface area contributed by atoms with Gasteiger partial charge in [-0.25, -0.2) is 14.0 Å². The molecule has 0 aliphatic heterocycles. The molecule has 0 amide bonds. The maximum atomic E-state index is 14.1. The lowest BCUT2D eigenvalue weighted by Crippen LogP contribution is -2.19. The van der Waals surface area contributed by atoms with E-state index in [0.717, 1.165) is 12.5 Å². The predicted molar refractivity (Wildman–Crippen MR) is 81.7 cm³/mol. The maximum absolute atomic E-state index is 14.1. The van der Waals surface area contributed by atoms with Crippen molar-refractivity contribution < 1.29 is 23.8 Å². The second kappa shape index (κ2) is 7.38. The molecule has 0 aromatic heterocycles. The average molecular weight is 310 g/mol. The summed E-state index contributed by atoms with van der Waals surface area (Å²) in [7, 11) is 0. The van der Waals surface area contributed by atoms with Crippen LogP contribution in [0.2, 0.25) is 0 Å². The fourth-order valence-electron chi connectivity index (χ4n) is 2.13. The first-order valence-electron chi connectivity index (χ1n) is 7.39. The number of esters is 1. The molecule has 0 aliphatic carbocycles. The van der Waals surface area contributed by atoms with Gasteiger partial charge in [0.2, 0.25) is 0 Å². The lowest BCUT2D eigenvalue weighted by Gasteiger charge is -2.21. The van der Waals surface area contributed by atoms with Crippen LogP contribution in [-0.4, -0.2) is 23.7 Å². The number of carboxylic acids is 1. The molecule has 5 heteroatoms. The number of ether oxygens (including phenoxy) is 1. The summed E-state index contributed by atoms with van der Waals surface area (Å²) >= 11 is 0. The highest BCUT2D eigenvalue weighted by molar-refractivity contribution is 6.03. The van der Waals surface area contributed by atoms with Gasteiger partial charge in [0.05, 0.1) is 17.7 Å². The minimum atomic E-state index is -1.32. The second-order valence-electron chi connectivity index (χ2n) is 6.48. The predicted octanol–water partition coefficient (Wildman–Crippen LogP) is 4.07. The van der Waals surface area contributed by atoms with Gasteiger partial charge < -0.3 is 9.84 Å². The number of carbonyl (C=O) groups excluding carboxylic acids is 1. The topological polar surface area (TPSA) is 63.6 Å².